The molecule has 0 bridgehead atoms. The summed E-state index contributed by atoms with van der Waals surface area (Å²) in [5.41, 5.74) is -0.0263. The van der Waals surface area contributed by atoms with E-state index in [0.29, 0.717) is 12.8 Å². The molecule has 1 N–H and O–H groups in total. The monoisotopic (exact) mass is 703 g/mol. The average molecular weight is 704 g/mol. The van der Waals surface area contributed by atoms with Gasteiger partial charge in [-0.05, 0) is 105 Å². The van der Waals surface area contributed by atoms with Crippen LogP contribution >= 0.6 is 0 Å². The number of esters is 1. The zero-order chi connectivity index (χ0) is 36.8. The van der Waals surface area contributed by atoms with Crippen LogP contribution < -0.4 is 0 Å². The van der Waals surface area contributed by atoms with E-state index in [-0.39, 0.29) is 36.5 Å². The Morgan fingerprint density at radius 2 is 1.88 bits per heavy atom. The number of fused-ring (bicyclic) bond motifs is 1. The van der Waals surface area contributed by atoms with Crippen LogP contribution in [-0.2, 0) is 41.5 Å². The first kappa shape index (κ1) is 40.7. The first-order chi connectivity index (χ1) is 23.6. The van der Waals surface area contributed by atoms with Crippen molar-refractivity contribution in [1.82, 2.24) is 24.7 Å². The highest BCUT2D eigenvalue weighted by Crippen LogP contribution is 2.38. The predicted octanol–water partition coefficient (Wildman–Crippen LogP) is 3.73. The van der Waals surface area contributed by atoms with Gasteiger partial charge in [0.1, 0.15) is 24.5 Å². The molecule has 0 unspecified atom stereocenters. The van der Waals surface area contributed by atoms with Crippen molar-refractivity contribution in [3.8, 4) is 0 Å². The van der Waals surface area contributed by atoms with E-state index in [1.807, 2.05) is 39.0 Å². The molecule has 12 heteroatoms. The number of likely N-dealkylation sites (N-methyl/N-ethyl adjacent to an activating group) is 1. The third kappa shape index (κ3) is 9.67. The summed E-state index contributed by atoms with van der Waals surface area (Å²) >= 11 is 0. The summed E-state index contributed by atoms with van der Waals surface area (Å²) < 4.78 is 25.2. The molecule has 0 amide bonds. The van der Waals surface area contributed by atoms with Crippen LogP contribution in [0.15, 0.2) is 12.5 Å². The summed E-state index contributed by atoms with van der Waals surface area (Å²) in [5.74, 6) is -1.44. The Morgan fingerprint density at radius 1 is 1.14 bits per heavy atom. The minimum absolute atomic E-state index is 0.000851. The van der Waals surface area contributed by atoms with E-state index in [1.165, 1.54) is 5.56 Å². The molecule has 2 saturated heterocycles. The van der Waals surface area contributed by atoms with Crippen LogP contribution in [0, 0.1) is 17.3 Å². The van der Waals surface area contributed by atoms with E-state index in [9.17, 15) is 14.7 Å². The largest absolute Gasteiger partial charge is 0.463 e. The van der Waals surface area contributed by atoms with Gasteiger partial charge in [-0.25, -0.2) is 9.97 Å². The number of rotatable bonds is 10. The molecule has 284 valence electrons. The maximum atomic E-state index is 14.3. The number of carbonyl (C=O) groups is 2. The number of methoxy groups -OCH3 is 1. The van der Waals surface area contributed by atoms with Gasteiger partial charge in [-0.2, -0.15) is 0 Å². The SMILES string of the molecule is CCCN1C[C@H](C)C[C@@](C)(OC)[C@H](O[C@@H]2O[C@H](C)C[C@H](N(C)C)[C@H]2O)[C@@H](C)C(=O)C(C)(C)C(=O)OC[C@H]1CCCN1CCc2cncnc2C1. The van der Waals surface area contributed by atoms with Gasteiger partial charge in [-0.3, -0.25) is 19.4 Å². The van der Waals surface area contributed by atoms with Crippen LogP contribution in [0.4, 0.5) is 0 Å². The molecular formula is C38H65N5O7. The van der Waals surface area contributed by atoms with Crippen LogP contribution in [0.5, 0.6) is 0 Å². The molecule has 4 rings (SSSR count). The lowest BCUT2D eigenvalue weighted by Gasteiger charge is -2.47. The molecule has 3 aliphatic rings. The Balaban J connectivity index is 1.58. The molecule has 0 aliphatic carbocycles. The molecule has 3 aliphatic heterocycles. The second-order valence-corrected chi connectivity index (χ2v) is 16.1. The van der Waals surface area contributed by atoms with E-state index in [4.69, 9.17) is 18.9 Å². The number of ketones is 1. The van der Waals surface area contributed by atoms with E-state index < -0.39 is 41.4 Å². The summed E-state index contributed by atoms with van der Waals surface area (Å²) in [6, 6.07) is -0.177. The van der Waals surface area contributed by atoms with Gasteiger partial charge in [0.15, 0.2) is 12.1 Å². The lowest BCUT2D eigenvalue weighted by atomic mass is 9.74. The van der Waals surface area contributed by atoms with Gasteiger partial charge in [-0.15, -0.1) is 0 Å². The Hall–Kier alpha value is -2.06. The van der Waals surface area contributed by atoms with Crippen molar-refractivity contribution in [2.45, 2.75) is 136 Å². The zero-order valence-corrected chi connectivity index (χ0v) is 32.4. The number of aromatic nitrogens is 2. The smallest absolute Gasteiger partial charge is 0.319 e. The Bertz CT molecular complexity index is 1270. The predicted molar refractivity (Wildman–Crippen MR) is 191 cm³/mol. The van der Waals surface area contributed by atoms with Crippen molar-refractivity contribution in [2.75, 3.05) is 54.0 Å². The number of cyclic esters (lactones) is 1. The summed E-state index contributed by atoms with van der Waals surface area (Å²) in [6.07, 6.45) is 5.63. The van der Waals surface area contributed by atoms with Gasteiger partial charge < -0.3 is 29.0 Å². The maximum absolute atomic E-state index is 14.3. The van der Waals surface area contributed by atoms with Crippen molar-refractivity contribution >= 4 is 11.8 Å². The number of nitrogens with zero attached hydrogens (tertiary/aromatic N) is 5. The quantitative estimate of drug-likeness (QED) is 0.282. The molecule has 1 aromatic heterocycles. The van der Waals surface area contributed by atoms with Crippen molar-refractivity contribution in [3.63, 3.8) is 0 Å². The molecule has 0 spiro atoms. The fraction of sp³-hybridized carbons (Fsp3) is 0.842. The van der Waals surface area contributed by atoms with Gasteiger partial charge in [0.2, 0.25) is 0 Å². The topological polar surface area (TPSA) is 127 Å². The summed E-state index contributed by atoms with van der Waals surface area (Å²) in [7, 11) is 5.51. The molecule has 9 atom stereocenters. The van der Waals surface area contributed by atoms with Crippen molar-refractivity contribution in [2.24, 2.45) is 17.3 Å². The standard InChI is InChI=1S/C38H65N5O7/c1-11-15-43-21-25(2)19-38(7,47-10)34(50-35-32(44)31(41(8)9)18-26(3)49-35)27(4)33(45)37(5,6)36(46)48-23-29(43)13-12-16-42-17-14-28-20-39-24-40-30(28)22-42/h20,24-27,29,31-32,34-35,44H,11-19,21-23H2,1-10H3/t25-,26-,27+,29-,31+,32-,34-,35+,38-/m1/s1. The van der Waals surface area contributed by atoms with Crippen LogP contribution in [0.25, 0.3) is 0 Å². The summed E-state index contributed by atoms with van der Waals surface area (Å²) in [4.78, 5) is 43.7. The number of aliphatic hydroxyl groups excluding tert-OH is 1. The number of ether oxygens (including phenoxy) is 4. The van der Waals surface area contributed by atoms with Gasteiger partial charge >= 0.3 is 5.97 Å². The minimum Gasteiger partial charge on any atom is -0.463 e. The van der Waals surface area contributed by atoms with Gasteiger partial charge in [0.25, 0.3) is 0 Å². The number of hydrogen-bond acceptors (Lipinski definition) is 12. The maximum Gasteiger partial charge on any atom is 0.319 e. The fourth-order valence-corrected chi connectivity index (χ4v) is 8.35. The average Bonchev–Trinajstić information content (AvgIpc) is 3.08. The third-order valence-corrected chi connectivity index (χ3v) is 11.3. The van der Waals surface area contributed by atoms with E-state index >= 15 is 0 Å². The number of hydrogen-bond donors (Lipinski definition) is 1. The molecule has 0 radical (unpaired) electrons. The molecule has 12 nitrogen and oxygen atoms in total. The number of aliphatic hydroxyl groups is 1. The lowest BCUT2D eigenvalue weighted by molar-refractivity contribution is -0.295. The van der Waals surface area contributed by atoms with Crippen LogP contribution in [-0.4, -0.2) is 138 Å². The van der Waals surface area contributed by atoms with Crippen molar-refractivity contribution < 1.29 is 33.6 Å². The Morgan fingerprint density at radius 3 is 2.56 bits per heavy atom. The molecular weight excluding hydrogens is 638 g/mol. The lowest BCUT2D eigenvalue weighted by Crippen LogP contribution is -2.59. The van der Waals surface area contributed by atoms with E-state index in [2.05, 4.69) is 33.6 Å². The molecule has 2 fully saturated rings. The highest BCUT2D eigenvalue weighted by molar-refractivity contribution is 6.04. The van der Waals surface area contributed by atoms with Gasteiger partial charge in [0, 0.05) is 50.9 Å². The molecule has 50 heavy (non-hydrogen) atoms. The Kier molecular flexibility index (Phi) is 14.4. The van der Waals surface area contributed by atoms with Crippen LogP contribution in [0.3, 0.4) is 0 Å². The first-order valence-corrected chi connectivity index (χ1v) is 18.8. The van der Waals surface area contributed by atoms with Crippen LogP contribution in [0.2, 0.25) is 0 Å². The van der Waals surface area contributed by atoms with Gasteiger partial charge in [-0.1, -0.05) is 20.8 Å². The first-order valence-electron chi connectivity index (χ1n) is 18.8. The summed E-state index contributed by atoms with van der Waals surface area (Å²) in [6.45, 7) is 18.0. The minimum atomic E-state index is -1.43. The number of Topliss-reactive ketones (excluding diaryl/α,β-unsaturated/α-hetero) is 1. The van der Waals surface area contributed by atoms with E-state index in [0.717, 1.165) is 64.1 Å². The number of carbonyl (C=O) groups excluding carboxylic acids is 2. The molecule has 0 aromatic carbocycles. The molecule has 1 aromatic rings. The van der Waals surface area contributed by atoms with Crippen molar-refractivity contribution in [3.05, 3.63) is 23.8 Å². The molecule has 0 saturated carbocycles. The Labute approximate surface area is 300 Å². The molecule has 4 heterocycles. The fourth-order valence-electron chi connectivity index (χ4n) is 8.35. The van der Waals surface area contributed by atoms with Crippen LogP contribution in [0.1, 0.15) is 91.8 Å². The van der Waals surface area contributed by atoms with Crippen molar-refractivity contribution in [1.29, 1.82) is 0 Å². The second-order valence-electron chi connectivity index (χ2n) is 16.1. The third-order valence-electron chi connectivity index (χ3n) is 11.3. The normalized spacial score (nSPS) is 35.1. The highest BCUT2D eigenvalue weighted by atomic mass is 16.7. The highest BCUT2D eigenvalue weighted by Gasteiger charge is 2.51. The second kappa shape index (κ2) is 17.6. The zero-order valence-electron chi connectivity index (χ0n) is 32.4. The van der Waals surface area contributed by atoms with E-state index in [1.54, 1.807) is 34.2 Å². The summed E-state index contributed by atoms with van der Waals surface area (Å²) in [5, 5.41) is 11.4. The van der Waals surface area contributed by atoms with Gasteiger partial charge in [0.05, 0.1) is 23.5 Å².